The molecule has 3 heteroatoms. The van der Waals surface area contributed by atoms with E-state index in [9.17, 15) is 0 Å². The Morgan fingerprint density at radius 2 is 2.27 bits per heavy atom. The Kier molecular flexibility index (Phi) is 1.60. The quantitative estimate of drug-likeness (QED) is 0.662. The first-order valence-electron chi connectivity index (χ1n) is 3.34. The molecule has 0 saturated carbocycles. The summed E-state index contributed by atoms with van der Waals surface area (Å²) in [6.07, 6.45) is 1.84. The summed E-state index contributed by atoms with van der Waals surface area (Å²) in [6.45, 7) is 0. The van der Waals surface area contributed by atoms with E-state index in [1.165, 1.54) is 9.09 Å². The van der Waals surface area contributed by atoms with E-state index in [0.29, 0.717) is 0 Å². The molecule has 0 bridgehead atoms. The fourth-order valence-corrected chi connectivity index (χ4v) is 2.03. The number of hydrogen-bond donors (Lipinski definition) is 0. The van der Waals surface area contributed by atoms with E-state index in [4.69, 9.17) is 0 Å². The Morgan fingerprint density at radius 3 is 3.00 bits per heavy atom. The molecule has 0 unspecified atom stereocenters. The Hall–Kier alpha value is -0.580. The van der Waals surface area contributed by atoms with Gasteiger partial charge >= 0.3 is 0 Å². The lowest BCUT2D eigenvalue weighted by atomic mass is 10.3. The SMILES string of the molecule is Cn1cnc2cccc(I)c21. The van der Waals surface area contributed by atoms with Crippen LogP contribution in [0.3, 0.4) is 0 Å². The van der Waals surface area contributed by atoms with Gasteiger partial charge in [0, 0.05) is 10.6 Å². The van der Waals surface area contributed by atoms with Crippen molar-refractivity contribution in [2.24, 2.45) is 7.05 Å². The van der Waals surface area contributed by atoms with Crippen molar-refractivity contribution >= 4 is 33.6 Å². The van der Waals surface area contributed by atoms with Crippen LogP contribution < -0.4 is 0 Å². The Morgan fingerprint density at radius 1 is 1.45 bits per heavy atom. The van der Waals surface area contributed by atoms with Gasteiger partial charge in [0.05, 0.1) is 17.4 Å². The molecule has 1 aromatic heterocycles. The van der Waals surface area contributed by atoms with Crippen LogP contribution in [0.2, 0.25) is 0 Å². The highest BCUT2D eigenvalue weighted by molar-refractivity contribution is 14.1. The average molecular weight is 258 g/mol. The van der Waals surface area contributed by atoms with Gasteiger partial charge in [0.2, 0.25) is 0 Å². The third kappa shape index (κ3) is 1.03. The number of fused-ring (bicyclic) bond motifs is 1. The second kappa shape index (κ2) is 2.48. The van der Waals surface area contributed by atoms with E-state index in [2.05, 4.69) is 33.6 Å². The van der Waals surface area contributed by atoms with Crippen LogP contribution in [0.25, 0.3) is 11.0 Å². The van der Waals surface area contributed by atoms with E-state index in [1.807, 2.05) is 30.1 Å². The third-order valence-electron chi connectivity index (χ3n) is 1.69. The summed E-state index contributed by atoms with van der Waals surface area (Å²) >= 11 is 2.32. The lowest BCUT2D eigenvalue weighted by Gasteiger charge is -1.95. The molecule has 0 spiro atoms. The van der Waals surface area contributed by atoms with Crippen molar-refractivity contribution in [2.45, 2.75) is 0 Å². The fraction of sp³-hybridized carbons (Fsp3) is 0.125. The molecular weight excluding hydrogens is 251 g/mol. The minimum atomic E-state index is 1.07. The van der Waals surface area contributed by atoms with Crippen LogP contribution >= 0.6 is 22.6 Å². The van der Waals surface area contributed by atoms with Crippen LogP contribution in [-0.2, 0) is 7.05 Å². The molecule has 0 radical (unpaired) electrons. The van der Waals surface area contributed by atoms with Crippen LogP contribution in [0.4, 0.5) is 0 Å². The summed E-state index contributed by atoms with van der Waals surface area (Å²) in [7, 11) is 2.01. The molecule has 2 nitrogen and oxygen atoms in total. The first kappa shape index (κ1) is 7.09. The van der Waals surface area contributed by atoms with Crippen molar-refractivity contribution in [1.82, 2.24) is 9.55 Å². The fourth-order valence-electron chi connectivity index (χ4n) is 1.16. The van der Waals surface area contributed by atoms with Gasteiger partial charge in [-0.05, 0) is 34.7 Å². The summed E-state index contributed by atoms with van der Waals surface area (Å²) in [5, 5.41) is 0. The summed E-state index contributed by atoms with van der Waals surface area (Å²) in [4.78, 5) is 4.24. The topological polar surface area (TPSA) is 17.8 Å². The van der Waals surface area contributed by atoms with Gasteiger partial charge in [-0.3, -0.25) is 0 Å². The molecule has 0 fully saturated rings. The molecule has 0 N–H and O–H groups in total. The molecule has 2 rings (SSSR count). The molecule has 2 aromatic rings. The number of aryl methyl sites for hydroxylation is 1. The zero-order valence-electron chi connectivity index (χ0n) is 6.08. The molecule has 0 saturated heterocycles. The van der Waals surface area contributed by atoms with Gasteiger partial charge in [-0.25, -0.2) is 4.98 Å². The number of benzene rings is 1. The van der Waals surface area contributed by atoms with E-state index in [-0.39, 0.29) is 0 Å². The Bertz CT molecular complexity index is 392. The van der Waals surface area contributed by atoms with Gasteiger partial charge in [-0.2, -0.15) is 0 Å². The standard InChI is InChI=1S/C8H7IN2/c1-11-5-10-7-4-2-3-6(9)8(7)11/h2-5H,1H3. The molecule has 0 amide bonds. The average Bonchev–Trinajstić information content (AvgIpc) is 2.34. The van der Waals surface area contributed by atoms with E-state index >= 15 is 0 Å². The summed E-state index contributed by atoms with van der Waals surface area (Å²) < 4.78 is 3.29. The summed E-state index contributed by atoms with van der Waals surface area (Å²) in [5.41, 5.74) is 2.28. The molecular formula is C8H7IN2. The smallest absolute Gasteiger partial charge is 0.0955 e. The number of halogens is 1. The molecule has 0 aliphatic heterocycles. The van der Waals surface area contributed by atoms with Crippen molar-refractivity contribution in [3.8, 4) is 0 Å². The predicted octanol–water partition coefficient (Wildman–Crippen LogP) is 2.18. The molecule has 11 heavy (non-hydrogen) atoms. The van der Waals surface area contributed by atoms with Crippen LogP contribution in [0.15, 0.2) is 24.5 Å². The second-order valence-corrected chi connectivity index (χ2v) is 3.63. The Balaban J connectivity index is 2.96. The van der Waals surface area contributed by atoms with Crippen molar-refractivity contribution < 1.29 is 0 Å². The highest BCUT2D eigenvalue weighted by Crippen LogP contribution is 2.17. The molecule has 1 heterocycles. The van der Waals surface area contributed by atoms with Crippen LogP contribution in [0.5, 0.6) is 0 Å². The number of rotatable bonds is 0. The number of imidazole rings is 1. The Labute approximate surface area is 78.4 Å². The number of hydrogen-bond acceptors (Lipinski definition) is 1. The van der Waals surface area contributed by atoms with Crippen LogP contribution in [0.1, 0.15) is 0 Å². The lowest BCUT2D eigenvalue weighted by Crippen LogP contribution is -1.85. The maximum Gasteiger partial charge on any atom is 0.0955 e. The monoisotopic (exact) mass is 258 g/mol. The molecule has 0 aliphatic carbocycles. The largest absolute Gasteiger partial charge is 0.333 e. The first-order chi connectivity index (χ1) is 5.29. The van der Waals surface area contributed by atoms with Gasteiger partial charge in [-0.1, -0.05) is 6.07 Å². The van der Waals surface area contributed by atoms with Gasteiger partial charge in [0.15, 0.2) is 0 Å². The van der Waals surface area contributed by atoms with Gasteiger partial charge in [-0.15, -0.1) is 0 Å². The predicted molar refractivity (Wildman–Crippen MR) is 53.4 cm³/mol. The summed E-state index contributed by atoms with van der Waals surface area (Å²) in [6, 6.07) is 6.14. The molecule has 1 aromatic carbocycles. The van der Waals surface area contributed by atoms with E-state index in [1.54, 1.807) is 0 Å². The summed E-state index contributed by atoms with van der Waals surface area (Å²) in [5.74, 6) is 0. The van der Waals surface area contributed by atoms with Crippen molar-refractivity contribution in [1.29, 1.82) is 0 Å². The number of para-hydroxylation sites is 1. The zero-order chi connectivity index (χ0) is 7.84. The number of nitrogens with zero attached hydrogens (tertiary/aromatic N) is 2. The van der Waals surface area contributed by atoms with Gasteiger partial charge < -0.3 is 4.57 Å². The van der Waals surface area contributed by atoms with Gasteiger partial charge in [0.1, 0.15) is 0 Å². The molecule has 0 aliphatic rings. The maximum absolute atomic E-state index is 4.24. The van der Waals surface area contributed by atoms with Gasteiger partial charge in [0.25, 0.3) is 0 Å². The van der Waals surface area contributed by atoms with Crippen molar-refractivity contribution in [2.75, 3.05) is 0 Å². The highest BCUT2D eigenvalue weighted by atomic mass is 127. The molecule has 0 atom stereocenters. The first-order valence-corrected chi connectivity index (χ1v) is 4.42. The molecule has 56 valence electrons. The third-order valence-corrected chi connectivity index (χ3v) is 2.56. The second-order valence-electron chi connectivity index (χ2n) is 2.46. The van der Waals surface area contributed by atoms with E-state index in [0.717, 1.165) is 5.52 Å². The minimum Gasteiger partial charge on any atom is -0.333 e. The van der Waals surface area contributed by atoms with Crippen LogP contribution in [-0.4, -0.2) is 9.55 Å². The van der Waals surface area contributed by atoms with E-state index < -0.39 is 0 Å². The minimum absolute atomic E-state index is 1.07. The van der Waals surface area contributed by atoms with Crippen molar-refractivity contribution in [3.05, 3.63) is 28.1 Å². The van der Waals surface area contributed by atoms with Crippen LogP contribution in [0, 0.1) is 3.57 Å². The van der Waals surface area contributed by atoms with Crippen molar-refractivity contribution in [3.63, 3.8) is 0 Å². The maximum atomic E-state index is 4.24. The lowest BCUT2D eigenvalue weighted by molar-refractivity contribution is 0.945. The normalized spacial score (nSPS) is 10.7. The highest BCUT2D eigenvalue weighted by Gasteiger charge is 2.00. The number of aromatic nitrogens is 2. The zero-order valence-corrected chi connectivity index (χ0v) is 8.24.